The number of nitrogens with zero attached hydrogens (tertiary/aromatic N) is 2. The van der Waals surface area contributed by atoms with E-state index >= 15 is 0 Å². The van der Waals surface area contributed by atoms with Crippen molar-refractivity contribution in [2.24, 2.45) is 0 Å². The number of hydrogen-bond acceptors (Lipinski definition) is 5. The third-order valence-corrected chi connectivity index (χ3v) is 4.22. The van der Waals surface area contributed by atoms with Gasteiger partial charge in [0.1, 0.15) is 5.01 Å². The van der Waals surface area contributed by atoms with Crippen molar-refractivity contribution in [2.45, 2.75) is 19.8 Å². The third-order valence-electron chi connectivity index (χ3n) is 2.19. The lowest BCUT2D eigenvalue weighted by Gasteiger charge is -1.97. The van der Waals surface area contributed by atoms with E-state index in [1.54, 1.807) is 22.7 Å². The lowest BCUT2D eigenvalue weighted by atomic mass is 10.3. The third kappa shape index (κ3) is 3.10. The van der Waals surface area contributed by atoms with E-state index in [2.05, 4.69) is 33.9 Å². The maximum absolute atomic E-state index is 4.22. The van der Waals surface area contributed by atoms with Gasteiger partial charge >= 0.3 is 0 Å². The number of nitrogens with one attached hydrogen (secondary N) is 1. The van der Waals surface area contributed by atoms with Crippen molar-refractivity contribution in [1.29, 1.82) is 0 Å². The summed E-state index contributed by atoms with van der Waals surface area (Å²) in [7, 11) is 0. The molecule has 2 rings (SSSR count). The summed E-state index contributed by atoms with van der Waals surface area (Å²) >= 11 is 3.43. The lowest BCUT2D eigenvalue weighted by molar-refractivity contribution is 0.669. The largest absolute Gasteiger partial charge is 0.317 e. The zero-order chi connectivity index (χ0) is 11.2. The summed E-state index contributed by atoms with van der Waals surface area (Å²) in [6.07, 6.45) is 2.16. The van der Waals surface area contributed by atoms with Crippen molar-refractivity contribution in [3.63, 3.8) is 0 Å². The molecule has 16 heavy (non-hydrogen) atoms. The average Bonchev–Trinajstić information content (AvgIpc) is 2.94. The maximum atomic E-state index is 4.22. The van der Waals surface area contributed by atoms with Crippen LogP contribution in [0.4, 0.5) is 0 Å². The van der Waals surface area contributed by atoms with Crippen LogP contribution < -0.4 is 5.32 Å². The molecule has 2 aromatic rings. The molecule has 0 fully saturated rings. The number of thiophene rings is 1. The van der Waals surface area contributed by atoms with Gasteiger partial charge in [-0.2, -0.15) is 0 Å². The first-order valence-corrected chi connectivity index (χ1v) is 7.16. The van der Waals surface area contributed by atoms with Crippen LogP contribution in [-0.2, 0) is 6.42 Å². The van der Waals surface area contributed by atoms with Crippen molar-refractivity contribution < 1.29 is 0 Å². The van der Waals surface area contributed by atoms with E-state index in [1.165, 1.54) is 4.88 Å². The van der Waals surface area contributed by atoms with Crippen LogP contribution in [0.2, 0.25) is 0 Å². The van der Waals surface area contributed by atoms with Crippen LogP contribution in [0.1, 0.15) is 18.4 Å². The van der Waals surface area contributed by atoms with Gasteiger partial charge in [-0.3, -0.25) is 0 Å². The second-order valence-electron chi connectivity index (χ2n) is 3.44. The minimum absolute atomic E-state index is 1.02. The van der Waals surface area contributed by atoms with Gasteiger partial charge in [-0.15, -0.1) is 21.5 Å². The zero-order valence-electron chi connectivity index (χ0n) is 9.27. The second-order valence-corrected chi connectivity index (χ2v) is 5.45. The van der Waals surface area contributed by atoms with Crippen LogP contribution in [-0.4, -0.2) is 23.3 Å². The van der Waals surface area contributed by atoms with Crippen LogP contribution >= 0.6 is 22.7 Å². The van der Waals surface area contributed by atoms with Crippen LogP contribution in [0.5, 0.6) is 0 Å². The Hall–Kier alpha value is -0.780. The summed E-state index contributed by atoms with van der Waals surface area (Å²) in [4.78, 5) is 1.22. The molecule has 0 bridgehead atoms. The highest BCUT2D eigenvalue weighted by molar-refractivity contribution is 7.20. The standard InChI is InChI=1S/C11H15N3S2/c1-2-12-7-3-6-10-13-14-11(16-10)9-5-4-8-15-9/h4-5,8,12H,2-3,6-7H2,1H3. The Morgan fingerprint density at radius 1 is 1.38 bits per heavy atom. The topological polar surface area (TPSA) is 37.8 Å². The van der Waals surface area contributed by atoms with Gasteiger partial charge in [0.15, 0.2) is 5.01 Å². The molecule has 0 saturated carbocycles. The van der Waals surface area contributed by atoms with Crippen LogP contribution in [0.15, 0.2) is 17.5 Å². The number of aromatic nitrogens is 2. The second kappa shape index (κ2) is 6.08. The summed E-state index contributed by atoms with van der Waals surface area (Å²) in [6, 6.07) is 4.14. The van der Waals surface area contributed by atoms with E-state index in [0.717, 1.165) is 35.9 Å². The van der Waals surface area contributed by atoms with Crippen molar-refractivity contribution in [2.75, 3.05) is 13.1 Å². The van der Waals surface area contributed by atoms with Gasteiger partial charge in [0.2, 0.25) is 0 Å². The minimum atomic E-state index is 1.02. The Labute approximate surface area is 104 Å². The maximum Gasteiger partial charge on any atom is 0.157 e. The molecule has 3 nitrogen and oxygen atoms in total. The smallest absolute Gasteiger partial charge is 0.157 e. The fraction of sp³-hybridized carbons (Fsp3) is 0.455. The van der Waals surface area contributed by atoms with E-state index < -0.39 is 0 Å². The molecule has 0 unspecified atom stereocenters. The molecule has 0 spiro atoms. The first kappa shape index (κ1) is 11.7. The van der Waals surface area contributed by atoms with E-state index in [9.17, 15) is 0 Å². The molecule has 1 N–H and O–H groups in total. The molecule has 0 aliphatic rings. The monoisotopic (exact) mass is 253 g/mol. The Morgan fingerprint density at radius 2 is 2.31 bits per heavy atom. The van der Waals surface area contributed by atoms with Gasteiger partial charge in [0.25, 0.3) is 0 Å². The SMILES string of the molecule is CCNCCCc1nnc(-c2cccs2)s1. The first-order valence-electron chi connectivity index (χ1n) is 5.47. The lowest BCUT2D eigenvalue weighted by Crippen LogP contribution is -2.14. The highest BCUT2D eigenvalue weighted by Crippen LogP contribution is 2.27. The van der Waals surface area contributed by atoms with E-state index in [1.807, 2.05) is 6.07 Å². The van der Waals surface area contributed by atoms with Crippen molar-refractivity contribution in [3.05, 3.63) is 22.5 Å². The van der Waals surface area contributed by atoms with E-state index in [4.69, 9.17) is 0 Å². The Kier molecular flexibility index (Phi) is 4.44. The molecule has 2 aromatic heterocycles. The predicted molar refractivity (Wildman–Crippen MR) is 70.1 cm³/mol. The average molecular weight is 253 g/mol. The molecule has 0 aliphatic heterocycles. The first-order chi connectivity index (χ1) is 7.90. The minimum Gasteiger partial charge on any atom is -0.317 e. The number of rotatable bonds is 6. The van der Waals surface area contributed by atoms with E-state index in [0.29, 0.717) is 0 Å². The summed E-state index contributed by atoms with van der Waals surface area (Å²) in [5, 5.41) is 16.0. The normalized spacial score (nSPS) is 10.8. The molecule has 0 radical (unpaired) electrons. The molecule has 86 valence electrons. The van der Waals surface area contributed by atoms with Gasteiger partial charge in [0, 0.05) is 6.42 Å². The van der Waals surface area contributed by atoms with Gasteiger partial charge in [0.05, 0.1) is 4.88 Å². The Bertz CT molecular complexity index is 409. The predicted octanol–water partition coefficient (Wildman–Crippen LogP) is 2.81. The number of aryl methyl sites for hydroxylation is 1. The summed E-state index contributed by atoms with van der Waals surface area (Å²) in [6.45, 7) is 4.22. The fourth-order valence-electron chi connectivity index (χ4n) is 1.40. The van der Waals surface area contributed by atoms with Crippen molar-refractivity contribution in [1.82, 2.24) is 15.5 Å². The Morgan fingerprint density at radius 3 is 3.06 bits per heavy atom. The van der Waals surface area contributed by atoms with Gasteiger partial charge in [-0.1, -0.05) is 24.3 Å². The van der Waals surface area contributed by atoms with Crippen molar-refractivity contribution >= 4 is 22.7 Å². The highest BCUT2D eigenvalue weighted by atomic mass is 32.1. The number of hydrogen-bond donors (Lipinski definition) is 1. The van der Waals surface area contributed by atoms with Crippen LogP contribution in [0.25, 0.3) is 9.88 Å². The van der Waals surface area contributed by atoms with Gasteiger partial charge < -0.3 is 5.32 Å². The zero-order valence-corrected chi connectivity index (χ0v) is 10.9. The molecule has 0 atom stereocenters. The summed E-state index contributed by atoms with van der Waals surface area (Å²) < 4.78 is 0. The molecule has 5 heteroatoms. The molecule has 0 saturated heterocycles. The molecule has 0 amide bonds. The molecule has 0 aromatic carbocycles. The molecular formula is C11H15N3S2. The molecular weight excluding hydrogens is 238 g/mol. The van der Waals surface area contributed by atoms with Crippen molar-refractivity contribution in [3.8, 4) is 9.88 Å². The molecule has 2 heterocycles. The van der Waals surface area contributed by atoms with Gasteiger partial charge in [-0.05, 0) is 31.0 Å². The van der Waals surface area contributed by atoms with Crippen LogP contribution in [0, 0.1) is 0 Å². The van der Waals surface area contributed by atoms with Gasteiger partial charge in [-0.25, -0.2) is 0 Å². The Balaban J connectivity index is 1.88. The highest BCUT2D eigenvalue weighted by Gasteiger charge is 2.06. The summed E-state index contributed by atoms with van der Waals surface area (Å²) in [5.41, 5.74) is 0. The fourth-order valence-corrected chi connectivity index (χ4v) is 3.07. The van der Waals surface area contributed by atoms with Crippen LogP contribution in [0.3, 0.4) is 0 Å². The summed E-state index contributed by atoms with van der Waals surface area (Å²) in [5.74, 6) is 0. The van der Waals surface area contributed by atoms with E-state index in [-0.39, 0.29) is 0 Å². The molecule has 0 aliphatic carbocycles. The quantitative estimate of drug-likeness (QED) is 0.804.